The minimum absolute atomic E-state index is 0.172. The Morgan fingerprint density at radius 3 is 2.23 bits per heavy atom. The molecule has 0 aliphatic carbocycles. The van der Waals surface area contributed by atoms with Gasteiger partial charge in [-0.15, -0.1) is 0 Å². The van der Waals surface area contributed by atoms with Crippen LogP contribution in [0.1, 0.15) is 16.7 Å². The van der Waals surface area contributed by atoms with Gasteiger partial charge in [-0.2, -0.15) is 0 Å². The molecule has 1 amide bonds. The number of aryl methyl sites for hydroxylation is 1. The van der Waals surface area contributed by atoms with Crippen molar-refractivity contribution in [3.63, 3.8) is 0 Å². The smallest absolute Gasteiger partial charge is 0.236 e. The highest BCUT2D eigenvalue weighted by Crippen LogP contribution is 2.22. The molecule has 0 atom stereocenters. The molecular weight excluding hydrogens is 388 g/mol. The highest BCUT2D eigenvalue weighted by atomic mass is 16.5. The lowest BCUT2D eigenvalue weighted by atomic mass is 10.1. The molecule has 0 spiro atoms. The third kappa shape index (κ3) is 6.45. The summed E-state index contributed by atoms with van der Waals surface area (Å²) in [6.07, 6.45) is 0. The first-order valence-corrected chi connectivity index (χ1v) is 10.9. The van der Waals surface area contributed by atoms with Crippen LogP contribution in [0.2, 0.25) is 0 Å². The largest absolute Gasteiger partial charge is 0.496 e. The van der Waals surface area contributed by atoms with Gasteiger partial charge in [0, 0.05) is 71.7 Å². The van der Waals surface area contributed by atoms with Crippen LogP contribution >= 0.6 is 0 Å². The molecule has 6 heteroatoms. The maximum absolute atomic E-state index is 12.7. The molecular formula is C25H36N4O2. The van der Waals surface area contributed by atoms with Crippen molar-refractivity contribution in [2.45, 2.75) is 20.0 Å². The van der Waals surface area contributed by atoms with Gasteiger partial charge in [0.25, 0.3) is 0 Å². The predicted octanol–water partition coefficient (Wildman–Crippen LogP) is 2.85. The van der Waals surface area contributed by atoms with E-state index in [1.54, 1.807) is 7.11 Å². The first-order chi connectivity index (χ1) is 14.9. The fourth-order valence-corrected chi connectivity index (χ4v) is 3.95. The van der Waals surface area contributed by atoms with E-state index < -0.39 is 0 Å². The summed E-state index contributed by atoms with van der Waals surface area (Å²) in [6, 6.07) is 14.7. The van der Waals surface area contributed by atoms with Crippen LogP contribution in [0, 0.1) is 6.92 Å². The summed E-state index contributed by atoms with van der Waals surface area (Å²) in [7, 11) is 7.68. The van der Waals surface area contributed by atoms with E-state index >= 15 is 0 Å². The molecule has 0 unspecified atom stereocenters. The van der Waals surface area contributed by atoms with Gasteiger partial charge in [-0.25, -0.2) is 0 Å². The number of rotatable bonds is 8. The summed E-state index contributed by atoms with van der Waals surface area (Å²) < 4.78 is 5.52. The lowest BCUT2D eigenvalue weighted by molar-refractivity contribution is -0.132. The van der Waals surface area contributed by atoms with E-state index in [0.717, 1.165) is 44.0 Å². The summed E-state index contributed by atoms with van der Waals surface area (Å²) in [5.41, 5.74) is 4.80. The Morgan fingerprint density at radius 1 is 0.968 bits per heavy atom. The molecule has 2 aromatic carbocycles. The summed E-state index contributed by atoms with van der Waals surface area (Å²) in [5.74, 6) is 1.12. The number of ether oxygens (including phenoxy) is 1. The van der Waals surface area contributed by atoms with E-state index in [4.69, 9.17) is 4.74 Å². The van der Waals surface area contributed by atoms with Crippen molar-refractivity contribution in [2.24, 2.45) is 0 Å². The fourth-order valence-electron chi connectivity index (χ4n) is 3.95. The van der Waals surface area contributed by atoms with E-state index in [1.807, 2.05) is 32.1 Å². The average Bonchev–Trinajstić information content (AvgIpc) is 2.75. The Bertz CT molecular complexity index is 858. The van der Waals surface area contributed by atoms with Crippen LogP contribution in [-0.2, 0) is 17.9 Å². The van der Waals surface area contributed by atoms with Crippen LogP contribution in [0.25, 0.3) is 0 Å². The van der Waals surface area contributed by atoms with E-state index in [9.17, 15) is 4.79 Å². The highest BCUT2D eigenvalue weighted by Gasteiger charge is 2.21. The molecule has 31 heavy (non-hydrogen) atoms. The summed E-state index contributed by atoms with van der Waals surface area (Å²) in [5, 5.41) is 0. The molecule has 1 aliphatic heterocycles. The Balaban J connectivity index is 1.45. The molecule has 0 aromatic heterocycles. The number of anilines is 1. The van der Waals surface area contributed by atoms with Crippen molar-refractivity contribution < 1.29 is 9.53 Å². The van der Waals surface area contributed by atoms with Gasteiger partial charge in [-0.3, -0.25) is 14.6 Å². The van der Waals surface area contributed by atoms with Gasteiger partial charge in [-0.1, -0.05) is 29.8 Å². The number of carbonyl (C=O) groups is 1. The minimum Gasteiger partial charge on any atom is -0.496 e. The van der Waals surface area contributed by atoms with Crippen LogP contribution in [0.15, 0.2) is 42.5 Å². The van der Waals surface area contributed by atoms with Crippen molar-refractivity contribution >= 4 is 11.6 Å². The molecule has 168 valence electrons. The van der Waals surface area contributed by atoms with Crippen LogP contribution < -0.4 is 9.64 Å². The van der Waals surface area contributed by atoms with Crippen LogP contribution in [0.4, 0.5) is 5.69 Å². The van der Waals surface area contributed by atoms with E-state index in [-0.39, 0.29) is 5.91 Å². The van der Waals surface area contributed by atoms with Gasteiger partial charge >= 0.3 is 0 Å². The molecule has 3 rings (SSSR count). The Morgan fingerprint density at radius 2 is 1.61 bits per heavy atom. The minimum atomic E-state index is 0.172. The number of likely N-dealkylation sites (N-methyl/N-ethyl adjacent to an activating group) is 1. The van der Waals surface area contributed by atoms with Crippen LogP contribution in [-0.4, -0.2) is 81.6 Å². The molecule has 2 aromatic rings. The molecule has 0 radical (unpaired) electrons. The Hall–Kier alpha value is -2.57. The number of carbonyl (C=O) groups excluding carboxylic acids is 1. The molecule has 1 fully saturated rings. The van der Waals surface area contributed by atoms with Gasteiger partial charge in [0.05, 0.1) is 13.7 Å². The second-order valence-electron chi connectivity index (χ2n) is 8.68. The summed E-state index contributed by atoms with van der Waals surface area (Å²) in [6.45, 7) is 7.85. The zero-order valence-electron chi connectivity index (χ0n) is 19.6. The Kier molecular flexibility index (Phi) is 7.93. The SMILES string of the molecule is COc1ccc(C)cc1CN1CCN(CC(=O)N(C)Cc2ccc(N(C)C)cc2)CC1. The van der Waals surface area contributed by atoms with Crippen molar-refractivity contribution in [3.8, 4) is 5.75 Å². The topological polar surface area (TPSA) is 39.3 Å². The number of hydrogen-bond donors (Lipinski definition) is 0. The van der Waals surface area contributed by atoms with Crippen molar-refractivity contribution in [1.82, 2.24) is 14.7 Å². The highest BCUT2D eigenvalue weighted by molar-refractivity contribution is 5.78. The molecule has 1 saturated heterocycles. The molecule has 6 nitrogen and oxygen atoms in total. The van der Waals surface area contributed by atoms with E-state index in [1.165, 1.54) is 16.8 Å². The maximum atomic E-state index is 12.7. The van der Waals surface area contributed by atoms with Crippen LogP contribution in [0.5, 0.6) is 5.75 Å². The third-order valence-electron chi connectivity index (χ3n) is 5.95. The number of amides is 1. The second-order valence-corrected chi connectivity index (χ2v) is 8.68. The molecule has 1 aliphatic rings. The first-order valence-electron chi connectivity index (χ1n) is 10.9. The molecule has 0 N–H and O–H groups in total. The quantitative estimate of drug-likeness (QED) is 0.652. The van der Waals surface area contributed by atoms with Gasteiger partial charge in [0.15, 0.2) is 0 Å². The van der Waals surface area contributed by atoms with Crippen molar-refractivity contribution in [2.75, 3.05) is 65.9 Å². The monoisotopic (exact) mass is 424 g/mol. The predicted molar refractivity (Wildman–Crippen MR) is 127 cm³/mol. The van der Waals surface area contributed by atoms with Gasteiger partial charge in [0.2, 0.25) is 5.91 Å². The standard InChI is InChI=1S/C25H36N4O2/c1-20-6-11-24(31-5)22(16-20)18-28-12-14-29(15-13-28)19-25(30)27(4)17-21-7-9-23(10-8-21)26(2)3/h6-11,16H,12-15,17-19H2,1-5H3. The number of benzene rings is 2. The lowest BCUT2D eigenvalue weighted by Gasteiger charge is -2.35. The zero-order valence-corrected chi connectivity index (χ0v) is 19.6. The Labute approximate surface area is 187 Å². The maximum Gasteiger partial charge on any atom is 0.236 e. The molecule has 0 saturated carbocycles. The fraction of sp³-hybridized carbons (Fsp3) is 0.480. The van der Waals surface area contributed by atoms with Crippen LogP contribution in [0.3, 0.4) is 0 Å². The van der Waals surface area contributed by atoms with Gasteiger partial charge < -0.3 is 14.5 Å². The summed E-state index contributed by atoms with van der Waals surface area (Å²) >= 11 is 0. The lowest BCUT2D eigenvalue weighted by Crippen LogP contribution is -2.49. The van der Waals surface area contributed by atoms with Crippen molar-refractivity contribution in [3.05, 3.63) is 59.2 Å². The van der Waals surface area contributed by atoms with E-state index in [0.29, 0.717) is 13.1 Å². The number of methoxy groups -OCH3 is 1. The van der Waals surface area contributed by atoms with Gasteiger partial charge in [0.1, 0.15) is 5.75 Å². The normalized spacial score (nSPS) is 15.0. The molecule has 0 bridgehead atoms. The van der Waals surface area contributed by atoms with Gasteiger partial charge in [-0.05, 0) is 30.7 Å². The second kappa shape index (κ2) is 10.6. The zero-order chi connectivity index (χ0) is 22.4. The number of hydrogen-bond acceptors (Lipinski definition) is 5. The summed E-state index contributed by atoms with van der Waals surface area (Å²) in [4.78, 5) is 21.3. The number of piperazine rings is 1. The molecule has 1 heterocycles. The van der Waals surface area contributed by atoms with Crippen molar-refractivity contribution in [1.29, 1.82) is 0 Å². The average molecular weight is 425 g/mol. The van der Waals surface area contributed by atoms with E-state index in [2.05, 4.69) is 58.0 Å². The number of nitrogens with zero attached hydrogens (tertiary/aromatic N) is 4. The third-order valence-corrected chi connectivity index (χ3v) is 5.95. The first kappa shape index (κ1) is 23.1.